The number of nitrogens with two attached hydrogens (primary N) is 1. The van der Waals surface area contributed by atoms with Gasteiger partial charge in [0, 0.05) is 0 Å². The van der Waals surface area contributed by atoms with E-state index in [-0.39, 0.29) is 10.6 Å². The normalized spacial score (nSPS) is 18.4. The second-order valence-electron chi connectivity index (χ2n) is 5.93. The molecule has 1 aliphatic heterocycles. The van der Waals surface area contributed by atoms with Gasteiger partial charge in [-0.05, 0) is 6.92 Å². The Morgan fingerprint density at radius 1 is 1.33 bits per heavy atom. The number of rotatable bonds is 2. The van der Waals surface area contributed by atoms with E-state index in [4.69, 9.17) is 10.8 Å². The van der Waals surface area contributed by atoms with Crippen LogP contribution < -0.4 is 20.9 Å². The molecule has 0 amide bonds. The van der Waals surface area contributed by atoms with Crippen LogP contribution in [0.2, 0.25) is 0 Å². The number of carboxylic acid groups (broad SMARTS) is 1. The van der Waals surface area contributed by atoms with Crippen LogP contribution in [0.5, 0.6) is 0 Å². The first-order chi connectivity index (χ1) is 11.3. The Bertz CT molecular complexity index is 772. The molecule has 1 heterocycles. The van der Waals surface area contributed by atoms with Crippen molar-refractivity contribution < 1.29 is 14.8 Å². The van der Waals surface area contributed by atoms with Crippen molar-refractivity contribution in [1.29, 1.82) is 0 Å². The molecule has 24 heavy (non-hydrogen) atoms. The number of nitrogens with zero attached hydrogens (tertiary/aromatic N) is 3. The van der Waals surface area contributed by atoms with Crippen LogP contribution in [-0.4, -0.2) is 43.7 Å². The van der Waals surface area contributed by atoms with Gasteiger partial charge >= 0.3 is 118 Å². The predicted molar refractivity (Wildman–Crippen MR) is 87.9 cm³/mol. The number of non-ortho nitro benzene ring substituents is 1. The molecule has 9 heteroatoms. The molecule has 1 atom stereocenters. The molecule has 0 saturated heterocycles. The number of nitro benzene ring substituents is 1. The van der Waals surface area contributed by atoms with Crippen molar-refractivity contribution >= 4 is 32.1 Å². The van der Waals surface area contributed by atoms with Crippen LogP contribution >= 0.6 is 0 Å². The van der Waals surface area contributed by atoms with Crippen LogP contribution in [0, 0.1) is 10.1 Å². The number of carbonyl (C=O) groups is 1. The first kappa shape index (κ1) is 18.5. The average molecular weight is 398 g/mol. The molecule has 1 saturated carbocycles. The van der Waals surface area contributed by atoms with Crippen molar-refractivity contribution in [2.24, 2.45) is 15.7 Å². The van der Waals surface area contributed by atoms with Crippen molar-refractivity contribution in [3.63, 3.8) is 0 Å². The summed E-state index contributed by atoms with van der Waals surface area (Å²) in [6, 6.07) is 2.48. The summed E-state index contributed by atoms with van der Waals surface area (Å²) in [5.41, 5.74) is 4.48. The van der Waals surface area contributed by atoms with Gasteiger partial charge in [0.05, 0.1) is 0 Å². The third kappa shape index (κ3) is 3.98. The molecule has 0 bridgehead atoms. The minimum absolute atomic E-state index is 0.0650. The zero-order chi connectivity index (χ0) is 17.9. The fourth-order valence-electron chi connectivity index (χ4n) is 2.70. The molecule has 8 nitrogen and oxygen atoms in total. The molecule has 1 unspecified atom stereocenters. The monoisotopic (exact) mass is 399 g/mol. The Labute approximate surface area is 146 Å². The fourth-order valence-corrected chi connectivity index (χ4v) is 3.14. The van der Waals surface area contributed by atoms with Gasteiger partial charge in [-0.15, -0.1) is 0 Å². The number of fused-ring (bicyclic) bond motifs is 1. The molecule has 129 valence electrons. The maximum atomic E-state index is 11.0. The molecule has 3 N–H and O–H groups in total. The van der Waals surface area contributed by atoms with Gasteiger partial charge in [-0.25, -0.2) is 0 Å². The Hall–Kier alpha value is -1.83. The summed E-state index contributed by atoms with van der Waals surface area (Å²) in [6.45, 7) is 1.42. The van der Waals surface area contributed by atoms with E-state index in [1.54, 1.807) is 6.07 Å². The van der Waals surface area contributed by atoms with E-state index in [1.165, 1.54) is 19.4 Å². The predicted octanol–water partition coefficient (Wildman–Crippen LogP) is -0.280. The van der Waals surface area contributed by atoms with E-state index in [1.807, 2.05) is 0 Å². The molecule has 2 aliphatic rings. The van der Waals surface area contributed by atoms with Gasteiger partial charge in [0.25, 0.3) is 0 Å². The van der Waals surface area contributed by atoms with Crippen molar-refractivity contribution in [1.82, 2.24) is 0 Å². The summed E-state index contributed by atoms with van der Waals surface area (Å²) in [7, 11) is 0. The quantitative estimate of drug-likeness (QED) is 0.402. The van der Waals surface area contributed by atoms with Gasteiger partial charge in [-0.2, -0.15) is 0 Å². The molecule has 1 aliphatic carbocycles. The Morgan fingerprint density at radius 2 is 1.88 bits per heavy atom. The van der Waals surface area contributed by atoms with Gasteiger partial charge in [0.2, 0.25) is 0 Å². The number of hydrogen-bond acceptors (Lipinski definition) is 6. The van der Waals surface area contributed by atoms with Crippen molar-refractivity contribution in [2.75, 3.05) is 0 Å². The summed E-state index contributed by atoms with van der Waals surface area (Å²) in [4.78, 5) is 29.5. The second kappa shape index (κ2) is 7.38. The number of carboxylic acids is 1. The Kier molecular flexibility index (Phi) is 5.69. The van der Waals surface area contributed by atoms with E-state index in [2.05, 4.69) is 26.0 Å². The van der Waals surface area contributed by atoms with E-state index >= 15 is 0 Å². The Morgan fingerprint density at radius 3 is 2.38 bits per heavy atom. The molecular formula is C15H19N4O4Se. The van der Waals surface area contributed by atoms with E-state index in [0.29, 0.717) is 10.7 Å². The van der Waals surface area contributed by atoms with E-state index in [9.17, 15) is 14.9 Å². The van der Waals surface area contributed by atoms with Crippen LogP contribution in [0.1, 0.15) is 39.0 Å². The summed E-state index contributed by atoms with van der Waals surface area (Å²) < 4.78 is 0.849. The average Bonchev–Trinajstić information content (AvgIpc) is 2.88. The summed E-state index contributed by atoms with van der Waals surface area (Å²) in [6.07, 6.45) is 5.20. The molecule has 3 rings (SSSR count). The first-order valence-corrected chi connectivity index (χ1v) is 8.54. The number of hydrogen-bond donors (Lipinski definition) is 2. The topological polar surface area (TPSA) is 131 Å². The van der Waals surface area contributed by atoms with E-state index in [0.717, 1.165) is 30.1 Å². The number of aliphatic carboxylic acids is 1. The standard InChI is InChI=1S/C12H12N3O2Se.C3H7NO2/c16-15(17)8-4-5-9(18)11-10(8)13-12(14-11)6-2-1-3-7-12;1-2(4)3(5)6/h4-5H,1-3,6-7H2;2H,4H2,1H3,(H,5,6). The minimum atomic E-state index is -0.963. The van der Waals surface area contributed by atoms with Crippen molar-refractivity contribution in [3.05, 3.63) is 33.0 Å². The third-order valence-electron chi connectivity index (χ3n) is 3.97. The molecular weight excluding hydrogens is 379 g/mol. The van der Waals surface area contributed by atoms with Crippen molar-refractivity contribution in [3.8, 4) is 0 Å². The SMILES string of the molecule is CC(N)C(=O)O.O=[N+]([O-])c1ccc([Se])c2c1=NC1(CCCCC1)N=2. The molecule has 0 aromatic heterocycles. The summed E-state index contributed by atoms with van der Waals surface area (Å²) >= 11 is 2.91. The van der Waals surface area contributed by atoms with Gasteiger partial charge in [0.1, 0.15) is 6.04 Å². The van der Waals surface area contributed by atoms with Gasteiger partial charge in [0.15, 0.2) is 0 Å². The molecule has 1 aromatic rings. The molecule has 1 aromatic carbocycles. The summed E-state index contributed by atoms with van der Waals surface area (Å²) in [5.74, 6) is -0.963. The second-order valence-corrected chi connectivity index (χ2v) is 6.85. The first-order valence-electron chi connectivity index (χ1n) is 7.68. The number of nitro groups is 1. The van der Waals surface area contributed by atoms with Crippen molar-refractivity contribution in [2.45, 2.75) is 50.7 Å². The Balaban J connectivity index is 0.000000301. The molecule has 1 spiro atoms. The maximum absolute atomic E-state index is 11.0. The van der Waals surface area contributed by atoms with Gasteiger partial charge in [-0.1, -0.05) is 0 Å². The van der Waals surface area contributed by atoms with Crippen LogP contribution in [-0.2, 0) is 4.79 Å². The van der Waals surface area contributed by atoms with Gasteiger partial charge < -0.3 is 10.8 Å². The van der Waals surface area contributed by atoms with Gasteiger partial charge in [-0.3, -0.25) is 4.79 Å². The fraction of sp³-hybridized carbons (Fsp3) is 0.533. The summed E-state index contributed by atoms with van der Waals surface area (Å²) in [5, 5.41) is 20.0. The third-order valence-corrected chi connectivity index (χ3v) is 4.66. The van der Waals surface area contributed by atoms with Crippen LogP contribution in [0.25, 0.3) is 0 Å². The van der Waals surface area contributed by atoms with Crippen LogP contribution in [0.15, 0.2) is 22.1 Å². The van der Waals surface area contributed by atoms with Crippen LogP contribution in [0.4, 0.5) is 5.69 Å². The van der Waals surface area contributed by atoms with Crippen LogP contribution in [0.3, 0.4) is 0 Å². The number of benzene rings is 1. The molecule has 1 radical (unpaired) electrons. The van der Waals surface area contributed by atoms with E-state index < -0.39 is 17.7 Å². The molecule has 1 fully saturated rings. The zero-order valence-corrected chi connectivity index (χ0v) is 15.0. The zero-order valence-electron chi connectivity index (χ0n) is 13.3.